The van der Waals surface area contributed by atoms with Crippen molar-refractivity contribution in [2.75, 3.05) is 13.2 Å². The number of benzene rings is 2. The molecule has 0 bridgehead atoms. The van der Waals surface area contributed by atoms with E-state index in [0.717, 1.165) is 11.1 Å². The number of hydrogen-bond acceptors (Lipinski definition) is 4. The Kier molecular flexibility index (Phi) is 6.72. The van der Waals surface area contributed by atoms with Crippen LogP contribution >= 0.6 is 0 Å². The van der Waals surface area contributed by atoms with Gasteiger partial charge in [-0.1, -0.05) is 74.5 Å². The van der Waals surface area contributed by atoms with Crippen LogP contribution in [-0.2, 0) is 14.3 Å². The monoisotopic (exact) mass is 462 g/mol. The van der Waals surface area contributed by atoms with Crippen LogP contribution in [0.5, 0.6) is 0 Å². The lowest BCUT2D eigenvalue weighted by molar-refractivity contribution is -0.140. The lowest BCUT2D eigenvalue weighted by Gasteiger charge is -2.25. The molecule has 0 saturated carbocycles. The van der Waals surface area contributed by atoms with Gasteiger partial charge < -0.3 is 20.5 Å². The maximum Gasteiger partial charge on any atom is 0.407 e. The Hall–Kier alpha value is -3.61. The maximum absolute atomic E-state index is 12.7. The highest BCUT2D eigenvalue weighted by molar-refractivity contribution is 5.83. The summed E-state index contributed by atoms with van der Waals surface area (Å²) in [5, 5.41) is 14.7. The number of aliphatic carboxylic acids is 1. The van der Waals surface area contributed by atoms with Crippen molar-refractivity contribution >= 4 is 18.0 Å². The topological polar surface area (TPSA) is 105 Å². The molecule has 0 spiro atoms. The second kappa shape index (κ2) is 9.71. The van der Waals surface area contributed by atoms with Gasteiger partial charge >= 0.3 is 12.1 Å². The number of amides is 2. The molecular formula is C27H30N2O5. The number of rotatable bonds is 8. The summed E-state index contributed by atoms with van der Waals surface area (Å²) >= 11 is 0. The van der Waals surface area contributed by atoms with Gasteiger partial charge in [-0.25, -0.2) is 4.79 Å². The molecule has 2 aromatic carbocycles. The van der Waals surface area contributed by atoms with Gasteiger partial charge in [0.1, 0.15) is 6.61 Å². The van der Waals surface area contributed by atoms with Gasteiger partial charge in [0.15, 0.2) is 0 Å². The fourth-order valence-corrected chi connectivity index (χ4v) is 4.59. The standard InChI is InChI=1S/C27H30N2O5/c1-27(2,25(32)29-18-12-11-17(15-18)24(30)31)13-14-28-26(33)34-16-23-21-9-5-3-7-19(21)20-8-4-6-10-22(20)23/h3-12,17-18,23H,13-16H2,1-2H3,(H,28,33)(H,29,32)(H,30,31). The highest BCUT2D eigenvalue weighted by Gasteiger charge is 2.32. The number of hydrogen-bond donors (Lipinski definition) is 3. The first-order chi connectivity index (χ1) is 16.3. The van der Waals surface area contributed by atoms with Crippen molar-refractivity contribution in [3.8, 4) is 11.1 Å². The van der Waals surface area contributed by atoms with Crippen molar-refractivity contribution in [2.24, 2.45) is 11.3 Å². The molecule has 0 fully saturated rings. The predicted octanol–water partition coefficient (Wildman–Crippen LogP) is 4.09. The second-order valence-electron chi connectivity index (χ2n) is 9.53. The van der Waals surface area contributed by atoms with Crippen molar-refractivity contribution in [2.45, 2.75) is 38.6 Å². The minimum atomic E-state index is -0.889. The van der Waals surface area contributed by atoms with E-state index in [9.17, 15) is 14.4 Å². The number of carbonyl (C=O) groups excluding carboxylic acids is 2. The third-order valence-corrected chi connectivity index (χ3v) is 6.69. The first-order valence-corrected chi connectivity index (χ1v) is 11.6. The highest BCUT2D eigenvalue weighted by atomic mass is 16.5. The molecule has 4 rings (SSSR count). The van der Waals surface area contributed by atoms with E-state index in [2.05, 4.69) is 34.9 Å². The first-order valence-electron chi connectivity index (χ1n) is 11.6. The van der Waals surface area contributed by atoms with E-state index in [-0.39, 0.29) is 31.0 Å². The molecule has 0 radical (unpaired) electrons. The van der Waals surface area contributed by atoms with E-state index in [0.29, 0.717) is 12.8 Å². The molecule has 2 unspecified atom stereocenters. The predicted molar refractivity (Wildman–Crippen MR) is 128 cm³/mol. The van der Waals surface area contributed by atoms with Crippen LogP contribution < -0.4 is 10.6 Å². The van der Waals surface area contributed by atoms with Crippen molar-refractivity contribution in [3.63, 3.8) is 0 Å². The van der Waals surface area contributed by atoms with E-state index >= 15 is 0 Å². The van der Waals surface area contributed by atoms with Gasteiger partial charge in [0.2, 0.25) is 5.91 Å². The minimum Gasteiger partial charge on any atom is -0.481 e. The summed E-state index contributed by atoms with van der Waals surface area (Å²) in [4.78, 5) is 36.1. The molecule has 3 N–H and O–H groups in total. The molecular weight excluding hydrogens is 432 g/mol. The van der Waals surface area contributed by atoms with E-state index in [1.54, 1.807) is 26.0 Å². The number of carboxylic acids is 1. The zero-order valence-electron chi connectivity index (χ0n) is 19.4. The average molecular weight is 463 g/mol. The lowest BCUT2D eigenvalue weighted by Crippen LogP contribution is -2.43. The highest BCUT2D eigenvalue weighted by Crippen LogP contribution is 2.44. The summed E-state index contributed by atoms with van der Waals surface area (Å²) in [7, 11) is 0. The molecule has 0 aliphatic heterocycles. The van der Waals surface area contributed by atoms with E-state index < -0.39 is 23.4 Å². The van der Waals surface area contributed by atoms with E-state index in [1.165, 1.54) is 11.1 Å². The molecule has 7 heteroatoms. The Morgan fingerprint density at radius 3 is 2.21 bits per heavy atom. The van der Waals surface area contributed by atoms with Crippen molar-refractivity contribution in [1.82, 2.24) is 10.6 Å². The molecule has 2 amide bonds. The Bertz CT molecular complexity index is 1080. The van der Waals surface area contributed by atoms with Crippen LogP contribution in [0.25, 0.3) is 11.1 Å². The number of carboxylic acid groups (broad SMARTS) is 1. The fraction of sp³-hybridized carbons (Fsp3) is 0.370. The summed E-state index contributed by atoms with van der Waals surface area (Å²) in [6, 6.07) is 16.0. The minimum absolute atomic E-state index is 0.00513. The average Bonchev–Trinajstić information content (AvgIpc) is 3.40. The molecule has 2 atom stereocenters. The molecule has 0 aromatic heterocycles. The van der Waals surface area contributed by atoms with Gasteiger partial charge in [0.05, 0.1) is 5.92 Å². The lowest BCUT2D eigenvalue weighted by atomic mass is 9.88. The van der Waals surface area contributed by atoms with Crippen LogP contribution in [0.2, 0.25) is 0 Å². The Labute approximate surface area is 199 Å². The van der Waals surface area contributed by atoms with Crippen LogP contribution in [-0.4, -0.2) is 42.3 Å². The van der Waals surface area contributed by atoms with Crippen LogP contribution in [0.15, 0.2) is 60.7 Å². The van der Waals surface area contributed by atoms with Gasteiger partial charge in [-0.3, -0.25) is 9.59 Å². The van der Waals surface area contributed by atoms with Crippen molar-refractivity contribution < 1.29 is 24.2 Å². The zero-order valence-corrected chi connectivity index (χ0v) is 19.4. The molecule has 34 heavy (non-hydrogen) atoms. The SMILES string of the molecule is CC(C)(CCNC(=O)OCC1c2ccccc2-c2ccccc21)C(=O)NC1C=CC(C(=O)O)C1. The number of fused-ring (bicyclic) bond motifs is 3. The molecule has 2 aliphatic carbocycles. The van der Waals surface area contributed by atoms with Gasteiger partial charge in [0, 0.05) is 23.9 Å². The molecule has 2 aliphatic rings. The van der Waals surface area contributed by atoms with E-state index in [4.69, 9.17) is 9.84 Å². The molecule has 0 saturated heterocycles. The number of alkyl carbamates (subject to hydrolysis) is 1. The number of nitrogens with one attached hydrogen (secondary N) is 2. The largest absolute Gasteiger partial charge is 0.481 e. The van der Waals surface area contributed by atoms with Crippen molar-refractivity contribution in [1.29, 1.82) is 0 Å². The maximum atomic E-state index is 12.7. The van der Waals surface area contributed by atoms with Gasteiger partial charge in [0.25, 0.3) is 0 Å². The van der Waals surface area contributed by atoms with Gasteiger partial charge in [-0.05, 0) is 35.1 Å². The second-order valence-corrected chi connectivity index (χ2v) is 9.53. The van der Waals surface area contributed by atoms with E-state index in [1.807, 2.05) is 24.3 Å². The van der Waals surface area contributed by atoms with Crippen LogP contribution in [0.3, 0.4) is 0 Å². The molecule has 0 heterocycles. The molecule has 2 aromatic rings. The number of ether oxygens (including phenoxy) is 1. The smallest absolute Gasteiger partial charge is 0.407 e. The molecule has 178 valence electrons. The molecule has 7 nitrogen and oxygen atoms in total. The summed E-state index contributed by atoms with van der Waals surface area (Å²) in [5.41, 5.74) is 3.92. The van der Waals surface area contributed by atoms with Gasteiger partial charge in [-0.15, -0.1) is 0 Å². The normalized spacial score (nSPS) is 18.8. The quantitative estimate of drug-likeness (QED) is 0.513. The van der Waals surface area contributed by atoms with Crippen LogP contribution in [0.4, 0.5) is 4.79 Å². The Balaban J connectivity index is 1.24. The third kappa shape index (κ3) is 4.98. The summed E-state index contributed by atoms with van der Waals surface area (Å²) in [5.74, 6) is -1.64. The van der Waals surface area contributed by atoms with Crippen LogP contribution in [0.1, 0.15) is 43.7 Å². The fourth-order valence-electron chi connectivity index (χ4n) is 4.59. The zero-order chi connectivity index (χ0) is 24.3. The first kappa shape index (κ1) is 23.5. The Morgan fingerprint density at radius 2 is 1.62 bits per heavy atom. The summed E-state index contributed by atoms with van der Waals surface area (Å²) in [6.07, 6.45) is 3.60. The van der Waals surface area contributed by atoms with Gasteiger partial charge in [-0.2, -0.15) is 0 Å². The van der Waals surface area contributed by atoms with Crippen molar-refractivity contribution in [3.05, 3.63) is 71.8 Å². The summed E-state index contributed by atoms with van der Waals surface area (Å²) < 4.78 is 5.54. The Morgan fingerprint density at radius 1 is 1.00 bits per heavy atom. The summed E-state index contributed by atoms with van der Waals surface area (Å²) in [6.45, 7) is 4.13. The number of carbonyl (C=O) groups is 3. The van der Waals surface area contributed by atoms with Crippen LogP contribution in [0, 0.1) is 11.3 Å². The third-order valence-electron chi connectivity index (χ3n) is 6.69.